The Labute approximate surface area is 131 Å². The average Bonchev–Trinajstić information content (AvgIpc) is 2.90. The number of anilines is 1. The minimum Gasteiger partial charge on any atom is -0.382 e. The number of aromatic nitrogens is 2. The van der Waals surface area contributed by atoms with Gasteiger partial charge in [0.15, 0.2) is 0 Å². The summed E-state index contributed by atoms with van der Waals surface area (Å²) >= 11 is 6.84. The molecule has 0 radical (unpaired) electrons. The largest absolute Gasteiger partial charge is 0.382 e. The number of alkyl halides is 1. The monoisotopic (exact) mass is 330 g/mol. The Morgan fingerprint density at radius 1 is 1.67 bits per heavy atom. The van der Waals surface area contributed by atoms with E-state index in [4.69, 9.17) is 22.8 Å². The van der Waals surface area contributed by atoms with E-state index >= 15 is 0 Å². The molecule has 0 aliphatic rings. The summed E-state index contributed by atoms with van der Waals surface area (Å²) < 4.78 is 4.92. The molecule has 21 heavy (non-hydrogen) atoms. The molecule has 0 fully saturated rings. The van der Waals surface area contributed by atoms with Gasteiger partial charge in [0.25, 0.3) is 0 Å². The highest BCUT2D eigenvalue weighted by molar-refractivity contribution is 7.15. The number of methoxy groups -OCH3 is 1. The van der Waals surface area contributed by atoms with E-state index < -0.39 is 12.1 Å². The lowest BCUT2D eigenvalue weighted by atomic mass is 10.3. The van der Waals surface area contributed by atoms with Crippen LogP contribution in [-0.4, -0.2) is 59.6 Å². The summed E-state index contributed by atoms with van der Waals surface area (Å²) in [4.78, 5) is 24.5. The number of nitrogens with zero attached hydrogens (tertiary/aromatic N) is 3. The van der Waals surface area contributed by atoms with Crippen LogP contribution in [0.15, 0.2) is 0 Å². The van der Waals surface area contributed by atoms with Crippen molar-refractivity contribution in [3.63, 3.8) is 0 Å². The van der Waals surface area contributed by atoms with Crippen LogP contribution < -0.4 is 5.32 Å². The van der Waals surface area contributed by atoms with Crippen LogP contribution in [0.5, 0.6) is 0 Å². The molecule has 1 heterocycles. The lowest BCUT2D eigenvalue weighted by Gasteiger charge is -2.26. The Morgan fingerprint density at radius 2 is 2.43 bits per heavy atom. The van der Waals surface area contributed by atoms with Gasteiger partial charge < -0.3 is 14.4 Å². The van der Waals surface area contributed by atoms with Crippen LogP contribution in [-0.2, 0) is 16.0 Å². The van der Waals surface area contributed by atoms with Gasteiger partial charge in [-0.1, -0.05) is 17.3 Å². The van der Waals surface area contributed by atoms with E-state index in [1.165, 1.54) is 23.3 Å². The number of hydrogen-bond donors (Lipinski definition) is 1. The molecule has 0 saturated carbocycles. The van der Waals surface area contributed by atoms with Crippen LogP contribution in [0.25, 0.3) is 0 Å². The number of amides is 2. The molecule has 1 aromatic heterocycles. The number of aldehydes is 1. The average molecular weight is 331 g/mol. The summed E-state index contributed by atoms with van der Waals surface area (Å²) in [5, 5.41) is 11.2. The predicted octanol–water partition coefficient (Wildman–Crippen LogP) is 1.00. The molecule has 1 unspecified atom stereocenters. The molecule has 0 aliphatic carbocycles. The Bertz CT molecular complexity index is 517. The maximum atomic E-state index is 12.2. The molecule has 1 rings (SSSR count). The molecular weight excluding hydrogens is 316 g/mol. The van der Waals surface area contributed by atoms with Gasteiger partial charge in [0.1, 0.15) is 17.3 Å². The summed E-state index contributed by atoms with van der Waals surface area (Å²) in [5.41, 5.74) is 0. The van der Waals surface area contributed by atoms with Gasteiger partial charge in [-0.3, -0.25) is 5.32 Å². The molecule has 0 spiro atoms. The number of ether oxygens (including phenoxy) is 1. The van der Waals surface area contributed by atoms with Crippen LogP contribution in [0, 0.1) is 12.3 Å². The Morgan fingerprint density at radius 3 is 3.00 bits per heavy atom. The number of urea groups is 1. The summed E-state index contributed by atoms with van der Waals surface area (Å²) in [5.74, 6) is 2.64. The van der Waals surface area contributed by atoms with Crippen molar-refractivity contribution in [2.45, 2.75) is 12.5 Å². The summed E-state index contributed by atoms with van der Waals surface area (Å²) in [6.07, 6.45) is 6.16. The zero-order valence-electron chi connectivity index (χ0n) is 11.4. The van der Waals surface area contributed by atoms with Gasteiger partial charge in [0.05, 0.1) is 13.0 Å². The van der Waals surface area contributed by atoms with Crippen molar-refractivity contribution in [3.05, 3.63) is 5.01 Å². The van der Waals surface area contributed by atoms with E-state index in [-0.39, 0.29) is 19.0 Å². The maximum Gasteiger partial charge on any atom is 0.324 e. The molecule has 1 N–H and O–H groups in total. The lowest BCUT2D eigenvalue weighted by Crippen LogP contribution is -2.47. The first-order valence-electron chi connectivity index (χ1n) is 5.99. The number of carbonyl (C=O) groups is 2. The Kier molecular flexibility index (Phi) is 7.68. The third-order valence-corrected chi connectivity index (χ3v) is 3.42. The number of terminal acetylenes is 1. The second-order valence-corrected chi connectivity index (χ2v) is 5.29. The summed E-state index contributed by atoms with van der Waals surface area (Å²) in [7, 11) is 1.45. The Hall–Kier alpha value is -1.69. The standard InChI is InChI=1S/C12H15ClN4O3S/c1-3-4-10-15-16-11(21-10)14-12(19)17(6-5-13)9(7-18)8-20-2/h1,7,9H,4-6,8H2,2H3,(H,14,16,19). The van der Waals surface area contributed by atoms with Crippen LogP contribution in [0.4, 0.5) is 9.93 Å². The van der Waals surface area contributed by atoms with Gasteiger partial charge in [0.2, 0.25) is 5.13 Å². The summed E-state index contributed by atoms with van der Waals surface area (Å²) in [6.45, 7) is 0.294. The first-order chi connectivity index (χ1) is 10.2. The zero-order chi connectivity index (χ0) is 15.7. The topological polar surface area (TPSA) is 84.4 Å². The minimum absolute atomic E-state index is 0.0896. The second kappa shape index (κ2) is 9.28. The smallest absolute Gasteiger partial charge is 0.324 e. The van der Waals surface area contributed by atoms with E-state index in [2.05, 4.69) is 21.4 Å². The molecule has 1 atom stereocenters. The van der Waals surface area contributed by atoms with E-state index in [1.807, 2.05) is 0 Å². The third-order valence-electron chi connectivity index (χ3n) is 2.42. The van der Waals surface area contributed by atoms with Crippen LogP contribution in [0.2, 0.25) is 0 Å². The fourth-order valence-electron chi connectivity index (χ4n) is 1.51. The lowest BCUT2D eigenvalue weighted by molar-refractivity contribution is -0.113. The molecule has 0 aliphatic heterocycles. The minimum atomic E-state index is -0.716. The van der Waals surface area contributed by atoms with Gasteiger partial charge in [-0.05, 0) is 0 Å². The van der Waals surface area contributed by atoms with Crippen molar-refractivity contribution < 1.29 is 14.3 Å². The highest BCUT2D eigenvalue weighted by Gasteiger charge is 2.23. The Balaban J connectivity index is 2.75. The quantitative estimate of drug-likeness (QED) is 0.437. The van der Waals surface area contributed by atoms with Crippen LogP contribution >= 0.6 is 22.9 Å². The predicted molar refractivity (Wildman–Crippen MR) is 80.6 cm³/mol. The first-order valence-corrected chi connectivity index (χ1v) is 7.35. The molecule has 0 saturated heterocycles. The molecule has 7 nitrogen and oxygen atoms in total. The molecular formula is C12H15ClN4O3S. The first kappa shape index (κ1) is 17.4. The van der Waals surface area contributed by atoms with E-state index in [0.717, 1.165) is 0 Å². The third kappa shape index (κ3) is 5.30. The van der Waals surface area contributed by atoms with Crippen molar-refractivity contribution in [2.75, 3.05) is 31.5 Å². The number of hydrogen-bond acceptors (Lipinski definition) is 6. The second-order valence-electron chi connectivity index (χ2n) is 3.85. The SMILES string of the molecule is C#CCc1nnc(NC(=O)N(CCCl)C(C=O)COC)s1. The van der Waals surface area contributed by atoms with Gasteiger partial charge in [-0.2, -0.15) is 0 Å². The highest BCUT2D eigenvalue weighted by Crippen LogP contribution is 2.16. The molecule has 2 amide bonds. The van der Waals surface area contributed by atoms with Crippen molar-refractivity contribution in [1.29, 1.82) is 0 Å². The normalized spacial score (nSPS) is 11.5. The van der Waals surface area contributed by atoms with Gasteiger partial charge in [0, 0.05) is 19.5 Å². The van der Waals surface area contributed by atoms with Crippen molar-refractivity contribution >= 4 is 40.4 Å². The zero-order valence-corrected chi connectivity index (χ0v) is 13.0. The fraction of sp³-hybridized carbons (Fsp3) is 0.500. The number of carbonyl (C=O) groups excluding carboxylic acids is 2. The van der Waals surface area contributed by atoms with Crippen molar-refractivity contribution in [2.24, 2.45) is 0 Å². The molecule has 114 valence electrons. The highest BCUT2D eigenvalue weighted by atomic mass is 35.5. The summed E-state index contributed by atoms with van der Waals surface area (Å²) in [6, 6.07) is -1.21. The van der Waals surface area contributed by atoms with Crippen molar-refractivity contribution in [3.8, 4) is 12.3 Å². The number of nitrogens with one attached hydrogen (secondary N) is 1. The van der Waals surface area contributed by atoms with E-state index in [1.54, 1.807) is 0 Å². The van der Waals surface area contributed by atoms with Crippen LogP contribution in [0.3, 0.4) is 0 Å². The maximum absolute atomic E-state index is 12.2. The van der Waals surface area contributed by atoms with Gasteiger partial charge in [-0.15, -0.1) is 28.2 Å². The molecule has 0 aromatic carbocycles. The number of rotatable bonds is 8. The van der Waals surface area contributed by atoms with E-state index in [0.29, 0.717) is 22.8 Å². The van der Waals surface area contributed by atoms with E-state index in [9.17, 15) is 9.59 Å². The molecule has 1 aromatic rings. The molecule has 0 bridgehead atoms. The number of halogens is 1. The van der Waals surface area contributed by atoms with Crippen LogP contribution in [0.1, 0.15) is 5.01 Å². The van der Waals surface area contributed by atoms with Gasteiger partial charge >= 0.3 is 6.03 Å². The van der Waals surface area contributed by atoms with Crippen molar-refractivity contribution in [1.82, 2.24) is 15.1 Å². The fourth-order valence-corrected chi connectivity index (χ4v) is 2.37. The molecule has 9 heteroatoms. The van der Waals surface area contributed by atoms with Gasteiger partial charge in [-0.25, -0.2) is 4.79 Å².